The lowest BCUT2D eigenvalue weighted by Gasteiger charge is -2.22. The Kier molecular flexibility index (Phi) is 4.14. The van der Waals surface area contributed by atoms with Crippen molar-refractivity contribution in [3.8, 4) is 0 Å². The highest BCUT2D eigenvalue weighted by atomic mass is 35.5. The molecule has 1 fully saturated rings. The van der Waals surface area contributed by atoms with Crippen molar-refractivity contribution in [1.82, 2.24) is 4.90 Å². The van der Waals surface area contributed by atoms with E-state index in [0.717, 1.165) is 25.5 Å². The highest BCUT2D eigenvalue weighted by Crippen LogP contribution is 2.39. The Balaban J connectivity index is 2.27. The molecule has 1 aromatic rings. The third kappa shape index (κ3) is 3.07. The number of nitrogens with zero attached hydrogens (tertiary/aromatic N) is 1. The van der Waals surface area contributed by atoms with Crippen LogP contribution in [0.2, 0.25) is 5.02 Å². The molecule has 1 heterocycles. The monoisotopic (exact) mass is 288 g/mol. The average molecular weight is 289 g/mol. The van der Waals surface area contributed by atoms with Gasteiger partial charge in [0, 0.05) is 30.1 Å². The molecule has 1 aliphatic heterocycles. The molecule has 2 nitrogen and oxygen atoms in total. The largest absolute Gasteiger partial charge is 0.330 e. The average Bonchev–Trinajstić information content (AvgIpc) is 2.69. The molecule has 19 heavy (non-hydrogen) atoms. The number of likely N-dealkylation sites (tertiary alicyclic amines) is 1. The van der Waals surface area contributed by atoms with Crippen LogP contribution in [0.15, 0.2) is 18.2 Å². The van der Waals surface area contributed by atoms with Crippen LogP contribution >= 0.6 is 11.6 Å². The number of hydrogen-bond acceptors (Lipinski definition) is 2. The van der Waals surface area contributed by atoms with E-state index in [0.29, 0.717) is 17.5 Å². The maximum Gasteiger partial charge on any atom is 0.270 e. The molecule has 106 valence electrons. The van der Waals surface area contributed by atoms with Gasteiger partial charge in [-0.1, -0.05) is 23.7 Å². The molecule has 2 N–H and O–H groups in total. The summed E-state index contributed by atoms with van der Waals surface area (Å²) in [6.45, 7) is 2.44. The van der Waals surface area contributed by atoms with Crippen LogP contribution in [-0.2, 0) is 5.92 Å². The Morgan fingerprint density at radius 3 is 2.63 bits per heavy atom. The van der Waals surface area contributed by atoms with Crippen LogP contribution in [0.4, 0.5) is 8.78 Å². The van der Waals surface area contributed by atoms with Crippen LogP contribution < -0.4 is 5.73 Å². The van der Waals surface area contributed by atoms with Crippen LogP contribution in [0.3, 0.4) is 0 Å². The lowest BCUT2D eigenvalue weighted by Crippen LogP contribution is -2.20. The van der Waals surface area contributed by atoms with Crippen LogP contribution in [0.25, 0.3) is 0 Å². The first-order valence-corrected chi connectivity index (χ1v) is 6.78. The fourth-order valence-electron chi connectivity index (χ4n) is 2.71. The summed E-state index contributed by atoms with van der Waals surface area (Å²) >= 11 is 6.18. The molecule has 2 atom stereocenters. The van der Waals surface area contributed by atoms with Gasteiger partial charge in [-0.2, -0.15) is 0 Å². The predicted octanol–water partition coefficient (Wildman–Crippen LogP) is 3.40. The normalized spacial score (nSPS) is 24.9. The zero-order valence-electron chi connectivity index (χ0n) is 11.2. The smallest absolute Gasteiger partial charge is 0.270 e. The Morgan fingerprint density at radius 1 is 1.47 bits per heavy atom. The van der Waals surface area contributed by atoms with Gasteiger partial charge >= 0.3 is 0 Å². The second-order valence-corrected chi connectivity index (χ2v) is 5.82. The standard InChI is InChI=1S/C14H19ClF2N2/c1-14(16,17)10-3-4-11(12(15)6-10)13-5-9(7-18)8-19(13)2/h3-4,6,9,13H,5,7-8,18H2,1-2H3. The van der Waals surface area contributed by atoms with E-state index in [1.807, 2.05) is 7.05 Å². The molecule has 0 amide bonds. The van der Waals surface area contributed by atoms with E-state index in [1.165, 1.54) is 12.1 Å². The number of halogens is 3. The summed E-state index contributed by atoms with van der Waals surface area (Å²) in [5.74, 6) is -2.41. The van der Waals surface area contributed by atoms with Crippen molar-refractivity contribution in [2.45, 2.75) is 25.3 Å². The lowest BCUT2D eigenvalue weighted by molar-refractivity contribution is 0.0174. The minimum absolute atomic E-state index is 0.0442. The number of hydrogen-bond donors (Lipinski definition) is 1. The maximum atomic E-state index is 13.3. The van der Waals surface area contributed by atoms with Crippen molar-refractivity contribution in [2.24, 2.45) is 11.7 Å². The van der Waals surface area contributed by atoms with Crippen LogP contribution in [0.5, 0.6) is 0 Å². The first-order chi connectivity index (χ1) is 8.82. The highest BCUT2D eigenvalue weighted by Gasteiger charge is 2.32. The van der Waals surface area contributed by atoms with E-state index in [9.17, 15) is 8.78 Å². The number of alkyl halides is 2. The van der Waals surface area contributed by atoms with Crippen molar-refractivity contribution in [3.63, 3.8) is 0 Å². The quantitative estimate of drug-likeness (QED) is 0.924. The van der Waals surface area contributed by atoms with Crippen LogP contribution in [0.1, 0.15) is 30.5 Å². The number of nitrogens with two attached hydrogens (primary N) is 1. The molecule has 0 bridgehead atoms. The van der Waals surface area contributed by atoms with E-state index in [-0.39, 0.29) is 11.6 Å². The van der Waals surface area contributed by atoms with E-state index in [4.69, 9.17) is 17.3 Å². The molecule has 1 saturated heterocycles. The molecule has 5 heteroatoms. The zero-order chi connectivity index (χ0) is 14.2. The second kappa shape index (κ2) is 5.35. The molecule has 2 rings (SSSR count). The molecule has 0 saturated carbocycles. The Morgan fingerprint density at radius 2 is 2.16 bits per heavy atom. The lowest BCUT2D eigenvalue weighted by atomic mass is 9.98. The second-order valence-electron chi connectivity index (χ2n) is 5.42. The molecule has 0 radical (unpaired) electrons. The fourth-order valence-corrected chi connectivity index (χ4v) is 3.02. The SMILES string of the molecule is CN1CC(CN)CC1c1ccc(C(C)(F)F)cc1Cl. The van der Waals surface area contributed by atoms with Crippen LogP contribution in [-0.4, -0.2) is 25.0 Å². The van der Waals surface area contributed by atoms with E-state index in [1.54, 1.807) is 6.07 Å². The van der Waals surface area contributed by atoms with Gasteiger partial charge in [0.1, 0.15) is 0 Å². The topological polar surface area (TPSA) is 29.3 Å². The minimum Gasteiger partial charge on any atom is -0.330 e. The summed E-state index contributed by atoms with van der Waals surface area (Å²) in [7, 11) is 2.01. The van der Waals surface area contributed by atoms with Gasteiger partial charge in [-0.3, -0.25) is 4.90 Å². The molecule has 1 aromatic carbocycles. The molecule has 0 aromatic heterocycles. The van der Waals surface area contributed by atoms with Gasteiger partial charge in [0.15, 0.2) is 0 Å². The Hall–Kier alpha value is -0.710. The summed E-state index contributed by atoms with van der Waals surface area (Å²) in [5, 5.41) is 0.411. The van der Waals surface area contributed by atoms with Gasteiger partial charge in [0.2, 0.25) is 0 Å². The molecule has 0 spiro atoms. The summed E-state index contributed by atoms with van der Waals surface area (Å²) in [5.41, 5.74) is 6.56. The van der Waals surface area contributed by atoms with Gasteiger partial charge in [0.05, 0.1) is 0 Å². The Labute approximate surface area is 117 Å². The number of benzene rings is 1. The van der Waals surface area contributed by atoms with Gasteiger partial charge in [-0.25, -0.2) is 8.78 Å². The van der Waals surface area contributed by atoms with E-state index < -0.39 is 5.92 Å². The fraction of sp³-hybridized carbons (Fsp3) is 0.571. The summed E-state index contributed by atoms with van der Waals surface area (Å²) in [4.78, 5) is 2.18. The van der Waals surface area contributed by atoms with Gasteiger partial charge in [0.25, 0.3) is 5.92 Å². The summed E-state index contributed by atoms with van der Waals surface area (Å²) < 4.78 is 26.5. The van der Waals surface area contributed by atoms with Crippen LogP contribution in [0, 0.1) is 5.92 Å². The number of rotatable bonds is 3. The predicted molar refractivity (Wildman–Crippen MR) is 73.6 cm³/mol. The zero-order valence-corrected chi connectivity index (χ0v) is 11.9. The summed E-state index contributed by atoms with van der Waals surface area (Å²) in [6.07, 6.45) is 0.925. The van der Waals surface area contributed by atoms with Crippen molar-refractivity contribution in [2.75, 3.05) is 20.1 Å². The van der Waals surface area contributed by atoms with E-state index in [2.05, 4.69) is 4.90 Å². The van der Waals surface area contributed by atoms with E-state index >= 15 is 0 Å². The van der Waals surface area contributed by atoms with Crippen molar-refractivity contribution >= 4 is 11.6 Å². The minimum atomic E-state index is -2.86. The molecule has 0 aliphatic carbocycles. The van der Waals surface area contributed by atoms with Gasteiger partial charge in [-0.05, 0) is 37.6 Å². The molecule has 1 aliphatic rings. The maximum absolute atomic E-state index is 13.3. The highest BCUT2D eigenvalue weighted by molar-refractivity contribution is 6.31. The molecule has 2 unspecified atom stereocenters. The van der Waals surface area contributed by atoms with Crippen molar-refractivity contribution in [1.29, 1.82) is 0 Å². The third-order valence-electron chi connectivity index (χ3n) is 3.83. The molecular weight excluding hydrogens is 270 g/mol. The first-order valence-electron chi connectivity index (χ1n) is 6.41. The Bertz CT molecular complexity index is 459. The van der Waals surface area contributed by atoms with Crippen molar-refractivity contribution in [3.05, 3.63) is 34.3 Å². The molecular formula is C14H19ClF2N2. The first kappa shape index (κ1) is 14.7. The summed E-state index contributed by atoms with van der Waals surface area (Å²) in [6, 6.07) is 4.72. The van der Waals surface area contributed by atoms with Crippen molar-refractivity contribution < 1.29 is 8.78 Å². The van der Waals surface area contributed by atoms with Gasteiger partial charge in [-0.15, -0.1) is 0 Å². The third-order valence-corrected chi connectivity index (χ3v) is 4.16. The van der Waals surface area contributed by atoms with Gasteiger partial charge < -0.3 is 5.73 Å².